The van der Waals surface area contributed by atoms with Crippen LogP contribution in [0.4, 0.5) is 10.5 Å². The molecule has 5 rings (SSSR count). The molecule has 214 valence electrons. The van der Waals surface area contributed by atoms with Gasteiger partial charge in [0.25, 0.3) is 5.69 Å². The van der Waals surface area contributed by atoms with Gasteiger partial charge in [0.2, 0.25) is 5.91 Å². The topological polar surface area (TPSA) is 111 Å². The molecule has 0 aromatic heterocycles. The zero-order valence-corrected chi connectivity index (χ0v) is 22.9. The number of likely N-dealkylation sites (tertiary alicyclic amines) is 1. The Morgan fingerprint density at radius 2 is 1.85 bits per heavy atom. The maximum absolute atomic E-state index is 14.0. The molecule has 10 nitrogen and oxygen atoms in total. The van der Waals surface area contributed by atoms with Crippen LogP contribution in [0, 0.1) is 22.0 Å². The van der Waals surface area contributed by atoms with E-state index in [-0.39, 0.29) is 35.7 Å². The van der Waals surface area contributed by atoms with Gasteiger partial charge in [-0.15, -0.1) is 0 Å². The van der Waals surface area contributed by atoms with Crippen molar-refractivity contribution < 1.29 is 28.7 Å². The Labute approximate surface area is 234 Å². The largest absolute Gasteiger partial charge is 0.421 e. The number of hydrogen-bond donors (Lipinski definition) is 0. The van der Waals surface area contributed by atoms with Crippen LogP contribution in [0.5, 0.6) is 5.75 Å². The summed E-state index contributed by atoms with van der Waals surface area (Å²) in [5.74, 6) is -0.852. The third kappa shape index (κ3) is 6.35. The maximum Gasteiger partial charge on any atom is 0.421 e. The second kappa shape index (κ2) is 12.4. The molecule has 0 N–H and O–H groups in total. The van der Waals surface area contributed by atoms with E-state index in [9.17, 15) is 19.7 Å². The average Bonchev–Trinajstić information content (AvgIpc) is 3.41. The van der Waals surface area contributed by atoms with Gasteiger partial charge in [-0.2, -0.15) is 0 Å². The number of nitrogens with zero attached hydrogens (tertiary/aromatic N) is 3. The van der Waals surface area contributed by atoms with Crippen LogP contribution in [0.3, 0.4) is 0 Å². The number of nitro benzene ring substituents is 1. The lowest BCUT2D eigenvalue weighted by molar-refractivity contribution is -0.384. The maximum atomic E-state index is 14.0. The summed E-state index contributed by atoms with van der Waals surface area (Å²) >= 11 is 0. The number of fused-ring (bicyclic) bond motifs is 1. The van der Waals surface area contributed by atoms with Gasteiger partial charge < -0.3 is 14.2 Å². The first-order chi connectivity index (χ1) is 19.4. The SMILES string of the molecule is CCCCN(C(=O)Oc1ccc([N+](=O)[O-])cc1)C(=O)[C@@H]1C[C@@H]2CC3(CC[C@H]2N(Cc2ccccc2)C1)OCCO3. The van der Waals surface area contributed by atoms with Crippen molar-refractivity contribution in [1.29, 1.82) is 0 Å². The molecule has 1 aliphatic carbocycles. The van der Waals surface area contributed by atoms with Crippen LogP contribution in [0.15, 0.2) is 54.6 Å². The fourth-order valence-electron chi connectivity index (χ4n) is 6.38. The second-order valence-electron chi connectivity index (χ2n) is 11.0. The van der Waals surface area contributed by atoms with Crippen LogP contribution in [0.1, 0.15) is 51.0 Å². The minimum Gasteiger partial charge on any atom is -0.410 e. The van der Waals surface area contributed by atoms with Gasteiger partial charge >= 0.3 is 6.09 Å². The summed E-state index contributed by atoms with van der Waals surface area (Å²) in [4.78, 5) is 41.4. The molecule has 0 radical (unpaired) electrons. The van der Waals surface area contributed by atoms with Crippen molar-refractivity contribution in [3.63, 3.8) is 0 Å². The molecule has 2 amide bonds. The highest BCUT2D eigenvalue weighted by Crippen LogP contribution is 2.46. The number of imide groups is 1. The summed E-state index contributed by atoms with van der Waals surface area (Å²) in [5, 5.41) is 11.0. The van der Waals surface area contributed by atoms with E-state index >= 15 is 0 Å². The summed E-state index contributed by atoms with van der Waals surface area (Å²) in [6.45, 7) is 4.71. The number of rotatable bonds is 8. The van der Waals surface area contributed by atoms with Gasteiger partial charge in [-0.25, -0.2) is 9.69 Å². The number of amides is 2. The van der Waals surface area contributed by atoms with Gasteiger partial charge in [0.05, 0.1) is 24.1 Å². The summed E-state index contributed by atoms with van der Waals surface area (Å²) in [6.07, 6.45) is 3.85. The normalized spacial score (nSPS) is 23.9. The number of carbonyl (C=O) groups is 2. The molecule has 0 unspecified atom stereocenters. The van der Waals surface area contributed by atoms with E-state index in [1.54, 1.807) is 0 Å². The number of unbranched alkanes of at least 4 members (excludes halogenated alkanes) is 1. The van der Waals surface area contributed by atoms with E-state index in [1.807, 2.05) is 25.1 Å². The van der Waals surface area contributed by atoms with Crippen molar-refractivity contribution >= 4 is 17.7 Å². The lowest BCUT2D eigenvalue weighted by Crippen LogP contribution is -2.57. The molecule has 1 spiro atoms. The number of hydrogen-bond acceptors (Lipinski definition) is 8. The highest BCUT2D eigenvalue weighted by Gasteiger charge is 2.50. The fraction of sp³-hybridized carbons (Fsp3) is 0.533. The minimum atomic E-state index is -0.758. The molecule has 2 saturated heterocycles. The summed E-state index contributed by atoms with van der Waals surface area (Å²) in [7, 11) is 0. The Hall–Kier alpha value is -3.34. The van der Waals surface area contributed by atoms with Gasteiger partial charge in [-0.1, -0.05) is 43.7 Å². The van der Waals surface area contributed by atoms with Gasteiger partial charge in [0.1, 0.15) is 5.75 Å². The summed E-state index contributed by atoms with van der Waals surface area (Å²) in [6, 6.07) is 15.8. The molecule has 40 heavy (non-hydrogen) atoms. The molecule has 3 atom stereocenters. The number of benzene rings is 2. The van der Waals surface area contributed by atoms with E-state index in [0.717, 1.165) is 32.2 Å². The van der Waals surface area contributed by atoms with Gasteiger partial charge in [0.15, 0.2) is 5.79 Å². The number of piperidine rings is 1. The van der Waals surface area contributed by atoms with Crippen LogP contribution in [-0.4, -0.2) is 64.9 Å². The van der Waals surface area contributed by atoms with Crippen LogP contribution < -0.4 is 4.74 Å². The van der Waals surface area contributed by atoms with E-state index < -0.39 is 16.8 Å². The zero-order chi connectivity index (χ0) is 28.1. The van der Waals surface area contributed by atoms with Crippen LogP contribution in [-0.2, 0) is 20.8 Å². The molecule has 2 aliphatic heterocycles. The van der Waals surface area contributed by atoms with E-state index in [4.69, 9.17) is 14.2 Å². The van der Waals surface area contributed by atoms with E-state index in [1.165, 1.54) is 34.7 Å². The van der Waals surface area contributed by atoms with E-state index in [0.29, 0.717) is 38.6 Å². The third-order valence-corrected chi connectivity index (χ3v) is 8.32. The quantitative estimate of drug-likeness (QED) is 0.327. The first-order valence-corrected chi connectivity index (χ1v) is 14.2. The molecule has 2 aromatic rings. The number of carbonyl (C=O) groups excluding carboxylic acids is 2. The van der Waals surface area contributed by atoms with Crippen LogP contribution in [0.25, 0.3) is 0 Å². The van der Waals surface area contributed by atoms with Crippen molar-refractivity contribution in [3.05, 3.63) is 70.3 Å². The van der Waals surface area contributed by atoms with Crippen molar-refractivity contribution in [2.24, 2.45) is 11.8 Å². The van der Waals surface area contributed by atoms with E-state index in [2.05, 4.69) is 17.0 Å². The second-order valence-corrected chi connectivity index (χ2v) is 11.0. The zero-order valence-electron chi connectivity index (χ0n) is 22.9. The van der Waals surface area contributed by atoms with Crippen LogP contribution >= 0.6 is 0 Å². The lowest BCUT2D eigenvalue weighted by Gasteiger charge is -2.50. The minimum absolute atomic E-state index is 0.102. The molecular formula is C30H37N3O7. The molecule has 0 bridgehead atoms. The number of ether oxygens (including phenoxy) is 3. The Morgan fingerprint density at radius 1 is 1.12 bits per heavy atom. The lowest BCUT2D eigenvalue weighted by atomic mass is 9.72. The Bertz CT molecular complexity index is 1180. The monoisotopic (exact) mass is 551 g/mol. The number of nitro groups is 1. The van der Waals surface area contributed by atoms with Crippen molar-refractivity contribution in [2.45, 2.75) is 63.8 Å². The van der Waals surface area contributed by atoms with Gasteiger partial charge in [-0.3, -0.25) is 19.8 Å². The van der Waals surface area contributed by atoms with Gasteiger partial charge in [0, 0.05) is 50.7 Å². The molecule has 3 fully saturated rings. The Morgan fingerprint density at radius 3 is 2.52 bits per heavy atom. The predicted octanol–water partition coefficient (Wildman–Crippen LogP) is 5.16. The Kier molecular flexibility index (Phi) is 8.78. The van der Waals surface area contributed by atoms with Crippen molar-refractivity contribution in [3.8, 4) is 5.75 Å². The predicted molar refractivity (Wildman–Crippen MR) is 146 cm³/mol. The molecule has 1 saturated carbocycles. The Balaban J connectivity index is 1.35. The highest BCUT2D eigenvalue weighted by atomic mass is 16.7. The molecule has 10 heteroatoms. The molecule has 2 aromatic carbocycles. The van der Waals surface area contributed by atoms with Crippen molar-refractivity contribution in [1.82, 2.24) is 9.80 Å². The van der Waals surface area contributed by atoms with Crippen LogP contribution in [0.2, 0.25) is 0 Å². The highest BCUT2D eigenvalue weighted by molar-refractivity contribution is 5.94. The van der Waals surface area contributed by atoms with Gasteiger partial charge in [-0.05, 0) is 42.9 Å². The summed E-state index contributed by atoms with van der Waals surface area (Å²) < 4.78 is 17.6. The third-order valence-electron chi connectivity index (χ3n) is 8.32. The standard InChI is InChI=1S/C30H37N3O7/c1-2-3-15-32(29(35)40-26-11-9-25(10-12-26)33(36)37)28(34)24-18-23-19-30(38-16-17-39-30)14-13-27(23)31(21-24)20-22-7-5-4-6-8-22/h4-12,23-24,27H,2-3,13-21H2,1H3/t23-,24-,27-/m1/s1. The molecule has 3 aliphatic rings. The van der Waals surface area contributed by atoms with Crippen molar-refractivity contribution in [2.75, 3.05) is 26.3 Å². The molecular weight excluding hydrogens is 514 g/mol. The molecule has 2 heterocycles. The summed E-state index contributed by atoms with van der Waals surface area (Å²) in [5.41, 5.74) is 1.08. The fourth-order valence-corrected chi connectivity index (χ4v) is 6.38. The first-order valence-electron chi connectivity index (χ1n) is 14.2. The average molecular weight is 552 g/mol. The first kappa shape index (κ1) is 28.2. The smallest absolute Gasteiger partial charge is 0.410 e. The number of non-ortho nitro benzene ring substituents is 1.